The van der Waals surface area contributed by atoms with Crippen molar-refractivity contribution in [3.05, 3.63) is 83.4 Å². The molecule has 1 unspecified atom stereocenters. The summed E-state index contributed by atoms with van der Waals surface area (Å²) in [7, 11) is 8.20. The molecular weight excluding hydrogens is 448 g/mol. The quantitative estimate of drug-likeness (QED) is 0.445. The SMILES string of the molecule is COC.COc1ccc(CCOc2ccc(C(N)c3ccccc3OC)cc2)c(OC)c1.NC=O. The number of rotatable bonds is 9. The highest BCUT2D eigenvalue weighted by atomic mass is 16.5. The maximum atomic E-state index is 8.58. The summed E-state index contributed by atoms with van der Waals surface area (Å²) in [6, 6.07) is 21.2. The molecule has 1 amide bonds. The number of carbonyl (C=O) groups is 1. The first-order valence-electron chi connectivity index (χ1n) is 10.9. The molecule has 8 heteroatoms. The molecule has 3 aromatic rings. The standard InChI is InChI=1S/C24H27NO4.C2H6O.CH3NO/c1-26-20-13-8-17(23(16-20)28-3)14-15-29-19-11-9-18(10-12-19)24(25)21-6-4-5-7-22(21)27-2;1-3-2;2-1-3/h4-13,16,24H,14-15,25H2,1-3H3;1-2H3;1H,(H2,2,3). The number of nitrogens with two attached hydrogens (primary N) is 2. The molecule has 0 saturated carbocycles. The van der Waals surface area contributed by atoms with E-state index in [1.807, 2.05) is 66.7 Å². The smallest absolute Gasteiger partial charge is 0.204 e. The van der Waals surface area contributed by atoms with E-state index in [4.69, 9.17) is 29.5 Å². The van der Waals surface area contributed by atoms with Gasteiger partial charge >= 0.3 is 0 Å². The Balaban J connectivity index is 0.000000926. The van der Waals surface area contributed by atoms with Crippen LogP contribution in [0, 0.1) is 0 Å². The lowest BCUT2D eigenvalue weighted by atomic mass is 9.99. The number of primary amides is 1. The summed E-state index contributed by atoms with van der Waals surface area (Å²) < 4.78 is 26.2. The van der Waals surface area contributed by atoms with Crippen LogP contribution in [0.4, 0.5) is 0 Å². The monoisotopic (exact) mass is 484 g/mol. The second-order valence-corrected chi connectivity index (χ2v) is 7.11. The maximum Gasteiger partial charge on any atom is 0.204 e. The molecule has 3 aromatic carbocycles. The van der Waals surface area contributed by atoms with Crippen molar-refractivity contribution in [3.8, 4) is 23.0 Å². The van der Waals surface area contributed by atoms with Crippen molar-refractivity contribution in [2.45, 2.75) is 12.5 Å². The van der Waals surface area contributed by atoms with Crippen LogP contribution in [0.25, 0.3) is 0 Å². The molecule has 0 saturated heterocycles. The molecule has 190 valence electrons. The minimum atomic E-state index is -0.260. The first-order chi connectivity index (χ1) is 17.0. The van der Waals surface area contributed by atoms with E-state index in [0.717, 1.165) is 46.1 Å². The highest BCUT2D eigenvalue weighted by molar-refractivity contribution is 5.43. The van der Waals surface area contributed by atoms with Crippen LogP contribution in [-0.2, 0) is 16.0 Å². The molecule has 0 aromatic heterocycles. The lowest BCUT2D eigenvalue weighted by Crippen LogP contribution is -2.13. The van der Waals surface area contributed by atoms with Crippen LogP contribution < -0.4 is 30.4 Å². The second kappa shape index (κ2) is 16.8. The van der Waals surface area contributed by atoms with Crippen LogP contribution in [0.1, 0.15) is 22.7 Å². The van der Waals surface area contributed by atoms with Crippen molar-refractivity contribution >= 4 is 6.41 Å². The highest BCUT2D eigenvalue weighted by Gasteiger charge is 2.13. The minimum Gasteiger partial charge on any atom is -0.497 e. The summed E-state index contributed by atoms with van der Waals surface area (Å²) in [4.78, 5) is 8.58. The van der Waals surface area contributed by atoms with Gasteiger partial charge < -0.3 is 35.2 Å². The number of amides is 1. The number of methoxy groups -OCH3 is 4. The maximum absolute atomic E-state index is 8.58. The highest BCUT2D eigenvalue weighted by Crippen LogP contribution is 2.29. The summed E-state index contributed by atoms with van der Waals surface area (Å²) in [5.41, 5.74) is 13.6. The fourth-order valence-electron chi connectivity index (χ4n) is 3.21. The molecule has 8 nitrogen and oxygen atoms in total. The summed E-state index contributed by atoms with van der Waals surface area (Å²) in [5, 5.41) is 0. The Labute approximate surface area is 207 Å². The van der Waals surface area contributed by atoms with E-state index in [2.05, 4.69) is 10.5 Å². The van der Waals surface area contributed by atoms with Crippen LogP contribution >= 0.6 is 0 Å². The topological polar surface area (TPSA) is 115 Å². The third-order valence-corrected chi connectivity index (χ3v) is 4.85. The van der Waals surface area contributed by atoms with Gasteiger partial charge in [0, 0.05) is 32.3 Å². The fraction of sp³-hybridized carbons (Fsp3) is 0.296. The second-order valence-electron chi connectivity index (χ2n) is 7.11. The Kier molecular flexibility index (Phi) is 14.1. The normalized spacial score (nSPS) is 10.5. The third-order valence-electron chi connectivity index (χ3n) is 4.85. The number of benzene rings is 3. The Hall–Kier alpha value is -3.75. The van der Waals surface area contributed by atoms with Gasteiger partial charge in [-0.15, -0.1) is 0 Å². The van der Waals surface area contributed by atoms with Crippen molar-refractivity contribution in [3.63, 3.8) is 0 Å². The van der Waals surface area contributed by atoms with E-state index in [0.29, 0.717) is 6.61 Å². The fourth-order valence-corrected chi connectivity index (χ4v) is 3.21. The van der Waals surface area contributed by atoms with Crippen LogP contribution in [0.3, 0.4) is 0 Å². The zero-order valence-corrected chi connectivity index (χ0v) is 21.0. The van der Waals surface area contributed by atoms with Crippen LogP contribution in [0.2, 0.25) is 0 Å². The van der Waals surface area contributed by atoms with E-state index in [1.54, 1.807) is 35.5 Å². The largest absolute Gasteiger partial charge is 0.497 e. The van der Waals surface area contributed by atoms with Gasteiger partial charge in [0.25, 0.3) is 0 Å². The summed E-state index contributed by atoms with van der Waals surface area (Å²) in [5.74, 6) is 3.15. The van der Waals surface area contributed by atoms with Crippen molar-refractivity contribution in [2.24, 2.45) is 11.5 Å². The number of hydrogen-bond acceptors (Lipinski definition) is 7. The van der Waals surface area contributed by atoms with Gasteiger partial charge in [-0.25, -0.2) is 0 Å². The van der Waals surface area contributed by atoms with Crippen molar-refractivity contribution in [1.82, 2.24) is 0 Å². The number of para-hydroxylation sites is 1. The van der Waals surface area contributed by atoms with Gasteiger partial charge in [-0.3, -0.25) is 4.79 Å². The molecular formula is C27H36N2O6. The number of hydrogen-bond donors (Lipinski definition) is 2. The number of carbonyl (C=O) groups excluding carboxylic acids is 1. The molecule has 4 N–H and O–H groups in total. The lowest BCUT2D eigenvalue weighted by Gasteiger charge is -2.16. The van der Waals surface area contributed by atoms with Gasteiger partial charge in [-0.05, 0) is 35.4 Å². The van der Waals surface area contributed by atoms with Crippen LogP contribution in [-0.4, -0.2) is 48.6 Å². The third kappa shape index (κ3) is 9.56. The molecule has 0 bridgehead atoms. The average molecular weight is 485 g/mol. The van der Waals surface area contributed by atoms with E-state index in [9.17, 15) is 0 Å². The summed E-state index contributed by atoms with van der Waals surface area (Å²) in [6.07, 6.45) is 0.982. The van der Waals surface area contributed by atoms with Crippen molar-refractivity contribution in [1.29, 1.82) is 0 Å². The molecule has 0 aliphatic heterocycles. The Bertz CT molecular complexity index is 995. The Morgan fingerprint density at radius 1 is 0.800 bits per heavy atom. The van der Waals surface area contributed by atoms with Crippen molar-refractivity contribution in [2.75, 3.05) is 42.2 Å². The molecule has 35 heavy (non-hydrogen) atoms. The van der Waals surface area contributed by atoms with Gasteiger partial charge in [-0.2, -0.15) is 0 Å². The first-order valence-corrected chi connectivity index (χ1v) is 10.9. The van der Waals surface area contributed by atoms with Gasteiger partial charge in [0.15, 0.2) is 0 Å². The molecule has 0 spiro atoms. The summed E-state index contributed by atoms with van der Waals surface area (Å²) >= 11 is 0. The molecule has 0 aliphatic rings. The predicted molar refractivity (Wildman–Crippen MR) is 137 cm³/mol. The Morgan fingerprint density at radius 2 is 1.37 bits per heavy atom. The van der Waals surface area contributed by atoms with E-state index < -0.39 is 0 Å². The van der Waals surface area contributed by atoms with E-state index in [1.165, 1.54) is 0 Å². The molecule has 0 aliphatic carbocycles. The molecule has 3 rings (SSSR count). The zero-order valence-electron chi connectivity index (χ0n) is 21.0. The van der Waals surface area contributed by atoms with Crippen LogP contribution in [0.5, 0.6) is 23.0 Å². The van der Waals surface area contributed by atoms with Gasteiger partial charge in [0.05, 0.1) is 34.0 Å². The summed E-state index contributed by atoms with van der Waals surface area (Å²) in [6.45, 7) is 0.542. The van der Waals surface area contributed by atoms with Crippen molar-refractivity contribution < 1.29 is 28.5 Å². The molecule has 0 fully saturated rings. The van der Waals surface area contributed by atoms with Gasteiger partial charge in [0.2, 0.25) is 6.41 Å². The minimum absolute atomic E-state index is 0.250. The van der Waals surface area contributed by atoms with Gasteiger partial charge in [0.1, 0.15) is 23.0 Å². The molecule has 1 atom stereocenters. The first kappa shape index (κ1) is 29.3. The predicted octanol–water partition coefficient (Wildman–Crippen LogP) is 3.75. The lowest BCUT2D eigenvalue weighted by molar-refractivity contribution is -0.106. The number of ether oxygens (including phenoxy) is 5. The zero-order chi connectivity index (χ0) is 26.1. The average Bonchev–Trinajstić information content (AvgIpc) is 2.89. The van der Waals surface area contributed by atoms with E-state index >= 15 is 0 Å². The molecule has 0 heterocycles. The van der Waals surface area contributed by atoms with Crippen LogP contribution in [0.15, 0.2) is 66.7 Å². The Morgan fingerprint density at radius 3 is 1.94 bits per heavy atom. The van der Waals surface area contributed by atoms with E-state index in [-0.39, 0.29) is 12.5 Å². The van der Waals surface area contributed by atoms with Gasteiger partial charge in [-0.1, -0.05) is 36.4 Å². The molecule has 0 radical (unpaired) electrons.